The van der Waals surface area contributed by atoms with Crippen molar-refractivity contribution in [2.75, 3.05) is 7.09 Å². The van der Waals surface area contributed by atoms with Crippen LogP contribution in [0.5, 0.6) is 5.88 Å². The van der Waals surface area contributed by atoms with Crippen molar-refractivity contribution in [1.82, 2.24) is 15.3 Å². The van der Waals surface area contributed by atoms with Gasteiger partial charge in [-0.3, -0.25) is 9.78 Å². The minimum absolute atomic E-state index is 0.0374. The Morgan fingerprint density at radius 2 is 2.26 bits per heavy atom. The van der Waals surface area contributed by atoms with Crippen molar-refractivity contribution < 1.29 is 10.9 Å². The van der Waals surface area contributed by atoms with Gasteiger partial charge in [0.25, 0.3) is 0 Å². The van der Waals surface area contributed by atoms with Gasteiger partial charge in [-0.1, -0.05) is 13.0 Å². The predicted octanol–water partition coefficient (Wildman–Crippen LogP) is 4.21. The molecule has 1 aromatic carbocycles. The third-order valence-corrected chi connectivity index (χ3v) is 5.16. The van der Waals surface area contributed by atoms with E-state index in [1.807, 2.05) is 37.5 Å². The number of carbonyl (C=O) groups is 1. The van der Waals surface area contributed by atoms with E-state index < -0.39 is 0 Å². The third kappa shape index (κ3) is 3.37. The van der Waals surface area contributed by atoms with E-state index in [-0.39, 0.29) is 19.0 Å². The molecule has 0 aliphatic heterocycles. The molecule has 5 nitrogen and oxygen atoms in total. The van der Waals surface area contributed by atoms with Crippen LogP contribution in [0.4, 0.5) is 0 Å². The topological polar surface area (TPSA) is 64.1 Å². The molecule has 138 valence electrons. The summed E-state index contributed by atoms with van der Waals surface area (Å²) in [5, 5.41) is 4.15. The highest BCUT2D eigenvalue weighted by molar-refractivity contribution is 5.85. The molecule has 0 fully saturated rings. The molecule has 5 heteroatoms. The zero-order chi connectivity index (χ0) is 19.5. The van der Waals surface area contributed by atoms with Gasteiger partial charge >= 0.3 is 0 Å². The first-order valence-electron chi connectivity index (χ1n) is 9.99. The van der Waals surface area contributed by atoms with Crippen molar-refractivity contribution in [1.29, 1.82) is 0 Å². The summed E-state index contributed by atoms with van der Waals surface area (Å²) in [7, 11) is -0.145. The number of ether oxygens (including phenoxy) is 1. The molecule has 3 aromatic rings. The monoisotopic (exact) mass is 362 g/mol. The lowest BCUT2D eigenvalue weighted by Crippen LogP contribution is -2.30. The predicted molar refractivity (Wildman–Crippen MR) is 106 cm³/mol. The van der Waals surface area contributed by atoms with Crippen molar-refractivity contribution in [3.05, 3.63) is 53.9 Å². The molecule has 0 radical (unpaired) electrons. The highest BCUT2D eigenvalue weighted by Gasteiger charge is 2.24. The summed E-state index contributed by atoms with van der Waals surface area (Å²) in [5.41, 5.74) is 5.43. The average molecular weight is 362 g/mol. The highest BCUT2D eigenvalue weighted by Crippen LogP contribution is 2.36. The molecular weight excluding hydrogens is 338 g/mol. The summed E-state index contributed by atoms with van der Waals surface area (Å²) in [5.74, 6) is 0.536. The molecule has 27 heavy (non-hydrogen) atoms. The molecule has 2 aromatic heterocycles. The Kier molecular flexibility index (Phi) is 4.42. The summed E-state index contributed by atoms with van der Waals surface area (Å²) < 4.78 is 12.3. The second-order valence-electron chi connectivity index (χ2n) is 6.82. The van der Waals surface area contributed by atoms with Crippen molar-refractivity contribution in [2.45, 2.75) is 38.6 Å². The van der Waals surface area contributed by atoms with Crippen LogP contribution in [0.25, 0.3) is 22.0 Å². The SMILES string of the molecule is [2H]COc1ccc2cc(-c3cncc4c3CCCC4NC(=O)CC)ccc2n1. The molecule has 0 saturated carbocycles. The maximum Gasteiger partial charge on any atom is 0.220 e. The van der Waals surface area contributed by atoms with Crippen LogP contribution in [0.2, 0.25) is 0 Å². The number of carbonyl (C=O) groups excluding carboxylic acids is 1. The Labute approximate surface area is 160 Å². The number of amides is 1. The van der Waals surface area contributed by atoms with Gasteiger partial charge in [-0.05, 0) is 54.2 Å². The first-order chi connectivity index (χ1) is 13.7. The zero-order valence-electron chi connectivity index (χ0n) is 16.4. The van der Waals surface area contributed by atoms with Gasteiger partial charge in [-0.25, -0.2) is 4.98 Å². The highest BCUT2D eigenvalue weighted by atomic mass is 16.5. The number of methoxy groups -OCH3 is 1. The number of hydrogen-bond donors (Lipinski definition) is 1. The maximum absolute atomic E-state index is 11.9. The van der Waals surface area contributed by atoms with E-state index in [0.29, 0.717) is 12.3 Å². The van der Waals surface area contributed by atoms with Gasteiger partial charge in [0.2, 0.25) is 11.8 Å². The van der Waals surface area contributed by atoms with Gasteiger partial charge in [-0.2, -0.15) is 0 Å². The number of benzene rings is 1. The van der Waals surface area contributed by atoms with Crippen molar-refractivity contribution in [3.63, 3.8) is 0 Å². The van der Waals surface area contributed by atoms with Gasteiger partial charge in [-0.15, -0.1) is 0 Å². The van der Waals surface area contributed by atoms with Gasteiger partial charge in [0, 0.05) is 35.8 Å². The Morgan fingerprint density at radius 3 is 3.11 bits per heavy atom. The Bertz CT molecular complexity index is 1020. The number of aromatic nitrogens is 2. The number of fused-ring (bicyclic) bond motifs is 2. The van der Waals surface area contributed by atoms with Crippen molar-refractivity contribution >= 4 is 16.8 Å². The summed E-state index contributed by atoms with van der Waals surface area (Å²) in [6.07, 6.45) is 7.27. The first-order valence-corrected chi connectivity index (χ1v) is 9.29. The average Bonchev–Trinajstić information content (AvgIpc) is 2.73. The maximum atomic E-state index is 11.9. The summed E-state index contributed by atoms with van der Waals surface area (Å²) in [6, 6.07) is 9.92. The van der Waals surface area contributed by atoms with Crippen LogP contribution in [-0.4, -0.2) is 23.0 Å². The molecule has 1 N–H and O–H groups in total. The van der Waals surface area contributed by atoms with Gasteiger partial charge < -0.3 is 10.1 Å². The molecule has 4 rings (SSSR count). The van der Waals surface area contributed by atoms with Crippen LogP contribution in [0.1, 0.15) is 44.7 Å². The quantitative estimate of drug-likeness (QED) is 0.755. The van der Waals surface area contributed by atoms with Crippen LogP contribution in [0, 0.1) is 0 Å². The number of pyridine rings is 2. The largest absolute Gasteiger partial charge is 0.481 e. The lowest BCUT2D eigenvalue weighted by atomic mass is 9.84. The molecular formula is C22H23N3O2. The van der Waals surface area contributed by atoms with Crippen molar-refractivity contribution in [2.24, 2.45) is 0 Å². The van der Waals surface area contributed by atoms with Crippen molar-refractivity contribution in [3.8, 4) is 17.0 Å². The zero-order valence-corrected chi connectivity index (χ0v) is 15.4. The van der Waals surface area contributed by atoms with Crippen LogP contribution in [-0.2, 0) is 11.2 Å². The smallest absolute Gasteiger partial charge is 0.220 e. The lowest BCUT2D eigenvalue weighted by molar-refractivity contribution is -0.121. The summed E-state index contributed by atoms with van der Waals surface area (Å²) >= 11 is 0. The van der Waals surface area contributed by atoms with E-state index in [1.165, 1.54) is 5.56 Å². The second-order valence-corrected chi connectivity index (χ2v) is 6.82. The van der Waals surface area contributed by atoms with E-state index in [0.717, 1.165) is 46.9 Å². The van der Waals surface area contributed by atoms with Gasteiger partial charge in [0.15, 0.2) is 0 Å². The molecule has 1 unspecified atom stereocenters. The van der Waals surface area contributed by atoms with Crippen LogP contribution < -0.4 is 10.1 Å². The molecule has 1 atom stereocenters. The van der Waals surface area contributed by atoms with Gasteiger partial charge in [0.05, 0.1) is 20.0 Å². The first kappa shape index (κ1) is 16.2. The van der Waals surface area contributed by atoms with E-state index in [4.69, 9.17) is 6.11 Å². The van der Waals surface area contributed by atoms with Gasteiger partial charge in [0.1, 0.15) is 0 Å². The standard InChI is InChI=1S/C22H23N3O2/c1-3-21(26)24-20-6-4-5-16-17(12-23-13-18(16)20)14-7-9-19-15(11-14)8-10-22(25-19)27-2/h7-13,20H,3-6H2,1-2H3,(H,24,26)/i2D. The molecule has 0 spiro atoms. The molecule has 1 amide bonds. The molecule has 1 aliphatic rings. The fourth-order valence-corrected chi connectivity index (χ4v) is 3.77. The molecule has 0 bridgehead atoms. The third-order valence-electron chi connectivity index (χ3n) is 5.16. The molecule has 0 saturated heterocycles. The Morgan fingerprint density at radius 1 is 1.33 bits per heavy atom. The second kappa shape index (κ2) is 7.35. The molecule has 1 aliphatic carbocycles. The number of nitrogens with one attached hydrogen (secondary N) is 1. The number of rotatable bonds is 4. The Hall–Kier alpha value is -2.95. The van der Waals surface area contributed by atoms with E-state index >= 15 is 0 Å². The number of nitrogens with zero attached hydrogens (tertiary/aromatic N) is 2. The lowest BCUT2D eigenvalue weighted by Gasteiger charge is -2.27. The minimum atomic E-state index is -0.145. The summed E-state index contributed by atoms with van der Waals surface area (Å²) in [4.78, 5) is 20.8. The van der Waals surface area contributed by atoms with Crippen LogP contribution >= 0.6 is 0 Å². The molecule has 2 heterocycles. The van der Waals surface area contributed by atoms with E-state index in [2.05, 4.69) is 21.4 Å². The fourth-order valence-electron chi connectivity index (χ4n) is 3.77. The van der Waals surface area contributed by atoms with E-state index in [9.17, 15) is 4.79 Å². The fraction of sp³-hybridized carbons (Fsp3) is 0.318. The minimum Gasteiger partial charge on any atom is -0.481 e. The number of hydrogen-bond acceptors (Lipinski definition) is 4. The van der Waals surface area contributed by atoms with Crippen LogP contribution in [0.15, 0.2) is 42.7 Å². The normalized spacial score (nSPS) is 16.5. The summed E-state index contributed by atoms with van der Waals surface area (Å²) in [6.45, 7) is 1.87. The Balaban J connectivity index is 1.72. The van der Waals surface area contributed by atoms with E-state index in [1.54, 1.807) is 6.07 Å². The van der Waals surface area contributed by atoms with Crippen LogP contribution in [0.3, 0.4) is 0 Å².